The standard InChI is InChI=1S/C14H19ClN4/c1-10-5-6-12(7-13(10)15)19-9-11(17-18-19)8-16-14(2,3)4/h5-7,9,16H,8H2,1-4H3. The lowest BCUT2D eigenvalue weighted by Crippen LogP contribution is -2.35. The zero-order chi connectivity index (χ0) is 14.0. The minimum absolute atomic E-state index is 0.0664. The van der Waals surface area contributed by atoms with Crippen LogP contribution in [0.25, 0.3) is 5.69 Å². The maximum absolute atomic E-state index is 6.12. The van der Waals surface area contributed by atoms with E-state index in [1.54, 1.807) is 4.68 Å². The predicted octanol–water partition coefficient (Wildman–Crippen LogP) is 3.12. The molecule has 5 heteroatoms. The molecule has 0 aliphatic carbocycles. The minimum Gasteiger partial charge on any atom is -0.306 e. The molecule has 0 radical (unpaired) electrons. The number of rotatable bonds is 3. The quantitative estimate of drug-likeness (QED) is 0.938. The molecule has 0 aliphatic rings. The summed E-state index contributed by atoms with van der Waals surface area (Å²) in [5.74, 6) is 0. The highest BCUT2D eigenvalue weighted by atomic mass is 35.5. The third kappa shape index (κ3) is 3.78. The van der Waals surface area contributed by atoms with Crippen LogP contribution in [0.5, 0.6) is 0 Å². The van der Waals surface area contributed by atoms with E-state index in [0.29, 0.717) is 6.54 Å². The highest BCUT2D eigenvalue weighted by molar-refractivity contribution is 6.31. The van der Waals surface area contributed by atoms with Gasteiger partial charge in [-0.1, -0.05) is 22.9 Å². The van der Waals surface area contributed by atoms with E-state index < -0.39 is 0 Å². The van der Waals surface area contributed by atoms with Gasteiger partial charge in [-0.3, -0.25) is 0 Å². The van der Waals surface area contributed by atoms with Crippen LogP contribution in [-0.2, 0) is 6.54 Å². The first-order valence-electron chi connectivity index (χ1n) is 6.28. The molecular weight excluding hydrogens is 260 g/mol. The Morgan fingerprint density at radius 1 is 1.32 bits per heavy atom. The average molecular weight is 279 g/mol. The van der Waals surface area contributed by atoms with E-state index >= 15 is 0 Å². The van der Waals surface area contributed by atoms with E-state index in [1.165, 1.54) is 0 Å². The van der Waals surface area contributed by atoms with Crippen molar-refractivity contribution < 1.29 is 0 Å². The molecule has 0 saturated heterocycles. The van der Waals surface area contributed by atoms with Crippen LogP contribution in [0.2, 0.25) is 5.02 Å². The molecule has 4 nitrogen and oxygen atoms in total. The Bertz CT molecular complexity index is 569. The zero-order valence-corrected chi connectivity index (χ0v) is 12.5. The average Bonchev–Trinajstić information content (AvgIpc) is 2.78. The van der Waals surface area contributed by atoms with Gasteiger partial charge < -0.3 is 5.32 Å². The van der Waals surface area contributed by atoms with Gasteiger partial charge in [0.25, 0.3) is 0 Å². The molecule has 1 N–H and O–H groups in total. The van der Waals surface area contributed by atoms with E-state index in [4.69, 9.17) is 11.6 Å². The SMILES string of the molecule is Cc1ccc(-n2cc(CNC(C)(C)C)nn2)cc1Cl. The number of nitrogens with one attached hydrogen (secondary N) is 1. The fourth-order valence-corrected chi connectivity index (χ4v) is 1.76. The van der Waals surface area contributed by atoms with Crippen molar-refractivity contribution in [3.05, 3.63) is 40.7 Å². The molecule has 1 heterocycles. The zero-order valence-electron chi connectivity index (χ0n) is 11.7. The monoisotopic (exact) mass is 278 g/mol. The van der Waals surface area contributed by atoms with E-state index in [1.807, 2.05) is 31.3 Å². The predicted molar refractivity (Wildman–Crippen MR) is 77.7 cm³/mol. The Morgan fingerprint density at radius 2 is 2.05 bits per heavy atom. The normalized spacial score (nSPS) is 11.8. The first-order valence-corrected chi connectivity index (χ1v) is 6.66. The smallest absolute Gasteiger partial charge is 0.0969 e. The van der Waals surface area contributed by atoms with Crippen molar-refractivity contribution in [3.8, 4) is 5.69 Å². The Balaban J connectivity index is 2.14. The van der Waals surface area contributed by atoms with Crippen LogP contribution in [0.15, 0.2) is 24.4 Å². The van der Waals surface area contributed by atoms with Crippen LogP contribution in [0.3, 0.4) is 0 Å². The molecule has 0 spiro atoms. The molecule has 2 aromatic rings. The molecule has 19 heavy (non-hydrogen) atoms. The summed E-state index contributed by atoms with van der Waals surface area (Å²) in [5.41, 5.74) is 2.95. The molecule has 0 atom stereocenters. The molecule has 0 fully saturated rings. The van der Waals surface area contributed by atoms with Crippen molar-refractivity contribution in [1.82, 2.24) is 20.3 Å². The summed E-state index contributed by atoms with van der Waals surface area (Å²) < 4.78 is 1.74. The van der Waals surface area contributed by atoms with E-state index in [9.17, 15) is 0 Å². The molecule has 0 amide bonds. The van der Waals surface area contributed by atoms with Crippen LogP contribution in [-0.4, -0.2) is 20.5 Å². The second-order valence-corrected chi connectivity index (χ2v) is 6.10. The Labute approximate surface area is 118 Å². The number of hydrogen-bond acceptors (Lipinski definition) is 3. The van der Waals surface area contributed by atoms with Crippen LogP contribution in [0.1, 0.15) is 32.0 Å². The fourth-order valence-electron chi connectivity index (χ4n) is 1.59. The number of aromatic nitrogens is 3. The Morgan fingerprint density at radius 3 is 2.68 bits per heavy atom. The summed E-state index contributed by atoms with van der Waals surface area (Å²) in [4.78, 5) is 0. The van der Waals surface area contributed by atoms with Crippen molar-refractivity contribution in [3.63, 3.8) is 0 Å². The number of benzene rings is 1. The summed E-state index contributed by atoms with van der Waals surface area (Å²) in [7, 11) is 0. The number of nitrogens with zero attached hydrogens (tertiary/aromatic N) is 3. The van der Waals surface area contributed by atoms with Gasteiger partial charge in [0.05, 0.1) is 17.6 Å². The summed E-state index contributed by atoms with van der Waals surface area (Å²) >= 11 is 6.12. The molecule has 1 aromatic heterocycles. The number of aryl methyl sites for hydroxylation is 1. The lowest BCUT2D eigenvalue weighted by molar-refractivity contribution is 0.421. The van der Waals surface area contributed by atoms with Crippen LogP contribution in [0, 0.1) is 6.92 Å². The molecule has 2 rings (SSSR count). The van der Waals surface area contributed by atoms with Crippen molar-refractivity contribution in [2.24, 2.45) is 0 Å². The minimum atomic E-state index is 0.0664. The van der Waals surface area contributed by atoms with Gasteiger partial charge in [-0.25, -0.2) is 4.68 Å². The summed E-state index contributed by atoms with van der Waals surface area (Å²) in [6.07, 6.45) is 1.92. The maximum atomic E-state index is 6.12. The van der Waals surface area contributed by atoms with Crippen molar-refractivity contribution >= 4 is 11.6 Å². The molecule has 0 aliphatic heterocycles. The van der Waals surface area contributed by atoms with Gasteiger partial charge >= 0.3 is 0 Å². The van der Waals surface area contributed by atoms with Gasteiger partial charge in [0.2, 0.25) is 0 Å². The van der Waals surface area contributed by atoms with Crippen molar-refractivity contribution in [1.29, 1.82) is 0 Å². The second kappa shape index (κ2) is 5.31. The lowest BCUT2D eigenvalue weighted by Gasteiger charge is -2.19. The summed E-state index contributed by atoms with van der Waals surface area (Å²) in [6, 6.07) is 5.86. The van der Waals surface area contributed by atoms with Gasteiger partial charge in [0, 0.05) is 17.1 Å². The molecule has 0 unspecified atom stereocenters. The molecular formula is C14H19ClN4. The molecule has 1 aromatic carbocycles. The first kappa shape index (κ1) is 14.0. The summed E-state index contributed by atoms with van der Waals surface area (Å²) in [6.45, 7) is 9.04. The van der Waals surface area contributed by atoms with E-state index in [2.05, 4.69) is 36.4 Å². The summed E-state index contributed by atoms with van der Waals surface area (Å²) in [5, 5.41) is 12.4. The number of halogens is 1. The van der Waals surface area contributed by atoms with Crippen LogP contribution in [0.4, 0.5) is 0 Å². The Hall–Kier alpha value is -1.39. The third-order valence-corrected chi connectivity index (χ3v) is 3.17. The Kier molecular flexibility index (Phi) is 3.92. The van der Waals surface area contributed by atoms with Gasteiger partial charge in [-0.15, -0.1) is 5.10 Å². The second-order valence-electron chi connectivity index (χ2n) is 5.69. The molecule has 0 saturated carbocycles. The molecule has 0 bridgehead atoms. The van der Waals surface area contributed by atoms with E-state index in [0.717, 1.165) is 22.0 Å². The van der Waals surface area contributed by atoms with Crippen LogP contribution >= 0.6 is 11.6 Å². The molecule has 102 valence electrons. The van der Waals surface area contributed by atoms with Crippen molar-refractivity contribution in [2.75, 3.05) is 0 Å². The highest BCUT2D eigenvalue weighted by Crippen LogP contribution is 2.18. The third-order valence-electron chi connectivity index (χ3n) is 2.76. The van der Waals surface area contributed by atoms with Gasteiger partial charge in [0.1, 0.15) is 0 Å². The van der Waals surface area contributed by atoms with Crippen molar-refractivity contribution in [2.45, 2.75) is 39.8 Å². The first-order chi connectivity index (χ1) is 8.85. The topological polar surface area (TPSA) is 42.7 Å². The number of hydrogen-bond donors (Lipinski definition) is 1. The maximum Gasteiger partial charge on any atom is 0.0969 e. The van der Waals surface area contributed by atoms with Gasteiger partial charge in [0.15, 0.2) is 0 Å². The largest absolute Gasteiger partial charge is 0.306 e. The van der Waals surface area contributed by atoms with Crippen LogP contribution < -0.4 is 5.32 Å². The fraction of sp³-hybridized carbons (Fsp3) is 0.429. The van der Waals surface area contributed by atoms with Gasteiger partial charge in [-0.2, -0.15) is 0 Å². The lowest BCUT2D eigenvalue weighted by atomic mass is 10.1. The van der Waals surface area contributed by atoms with E-state index in [-0.39, 0.29) is 5.54 Å². The van der Waals surface area contributed by atoms with Gasteiger partial charge in [-0.05, 0) is 45.4 Å². The highest BCUT2D eigenvalue weighted by Gasteiger charge is 2.10.